The first-order chi connectivity index (χ1) is 13.9. The van der Waals surface area contributed by atoms with E-state index in [4.69, 9.17) is 0 Å². The topological polar surface area (TPSA) is 77.2 Å². The van der Waals surface area contributed by atoms with Crippen molar-refractivity contribution in [2.45, 2.75) is 25.3 Å². The Balaban J connectivity index is 1.78. The lowest BCUT2D eigenvalue weighted by atomic mass is 9.97. The zero-order chi connectivity index (χ0) is 20.7. The molecule has 1 aromatic carbocycles. The van der Waals surface area contributed by atoms with Crippen molar-refractivity contribution in [1.29, 1.82) is 0 Å². The predicted molar refractivity (Wildman–Crippen MR) is 106 cm³/mol. The first kappa shape index (κ1) is 19.0. The lowest BCUT2D eigenvalue weighted by molar-refractivity contribution is 0.0606. The second-order valence-corrected chi connectivity index (χ2v) is 7.33. The molecule has 1 aliphatic heterocycles. The summed E-state index contributed by atoms with van der Waals surface area (Å²) in [7, 11) is 3.01. The first-order valence-electron chi connectivity index (χ1n) is 9.51. The molecule has 7 nitrogen and oxygen atoms in total. The van der Waals surface area contributed by atoms with Crippen molar-refractivity contribution in [1.82, 2.24) is 19.0 Å². The smallest absolute Gasteiger partial charge is 0.330 e. The molecule has 29 heavy (non-hydrogen) atoms. The van der Waals surface area contributed by atoms with Crippen LogP contribution in [-0.4, -0.2) is 31.5 Å². The van der Waals surface area contributed by atoms with Gasteiger partial charge in [0.25, 0.3) is 11.5 Å². The number of carbonyl (C=O) groups excluding carboxylic acids is 1. The number of hydrogen-bond donors (Lipinski definition) is 0. The standard InChI is InChI=1S/C21H21FN4O3/c1-24-18-15(20(28)25(2)21(24)29)10-11-16(23-18)17-5-3-4-12-26(17)19(27)13-6-8-14(22)9-7-13/h6-11,17H,3-5,12H2,1-2H3/t17-/m0/s1. The van der Waals surface area contributed by atoms with E-state index in [0.717, 1.165) is 23.8 Å². The molecule has 0 saturated carbocycles. The number of amides is 1. The van der Waals surface area contributed by atoms with Crippen LogP contribution in [0.1, 0.15) is 41.4 Å². The number of aryl methyl sites for hydroxylation is 1. The molecule has 150 valence electrons. The number of aromatic nitrogens is 3. The van der Waals surface area contributed by atoms with E-state index >= 15 is 0 Å². The van der Waals surface area contributed by atoms with Crippen molar-refractivity contribution in [2.75, 3.05) is 6.54 Å². The molecule has 8 heteroatoms. The fourth-order valence-electron chi connectivity index (χ4n) is 3.89. The Bertz CT molecular complexity index is 1210. The fourth-order valence-corrected chi connectivity index (χ4v) is 3.89. The monoisotopic (exact) mass is 396 g/mol. The summed E-state index contributed by atoms with van der Waals surface area (Å²) in [5.41, 5.74) is 0.506. The molecule has 3 heterocycles. The summed E-state index contributed by atoms with van der Waals surface area (Å²) in [5.74, 6) is -0.579. The van der Waals surface area contributed by atoms with Crippen molar-refractivity contribution < 1.29 is 9.18 Å². The van der Waals surface area contributed by atoms with Gasteiger partial charge in [-0.1, -0.05) is 0 Å². The number of piperidine rings is 1. The zero-order valence-corrected chi connectivity index (χ0v) is 16.3. The quantitative estimate of drug-likeness (QED) is 0.665. The summed E-state index contributed by atoms with van der Waals surface area (Å²) in [6.07, 6.45) is 2.54. The SMILES string of the molecule is Cn1c(=O)c2ccc([C@@H]3CCCCN3C(=O)c3ccc(F)cc3)nc2n(C)c1=O. The predicted octanol–water partition coefficient (Wildman–Crippen LogP) is 2.14. The minimum absolute atomic E-state index is 0.186. The van der Waals surface area contributed by atoms with E-state index in [1.165, 1.54) is 35.9 Å². The Morgan fingerprint density at radius 2 is 1.76 bits per heavy atom. The van der Waals surface area contributed by atoms with Crippen LogP contribution in [-0.2, 0) is 14.1 Å². The lowest BCUT2D eigenvalue weighted by Gasteiger charge is -2.35. The molecule has 1 saturated heterocycles. The van der Waals surface area contributed by atoms with E-state index < -0.39 is 17.1 Å². The minimum atomic E-state index is -0.449. The van der Waals surface area contributed by atoms with Gasteiger partial charge in [-0.15, -0.1) is 0 Å². The maximum Gasteiger partial charge on any atom is 0.332 e. The van der Waals surface area contributed by atoms with Crippen molar-refractivity contribution in [2.24, 2.45) is 14.1 Å². The summed E-state index contributed by atoms with van der Waals surface area (Å²) < 4.78 is 15.6. The number of fused-ring (bicyclic) bond motifs is 1. The van der Waals surface area contributed by atoms with Gasteiger partial charge in [0, 0.05) is 26.2 Å². The van der Waals surface area contributed by atoms with Crippen LogP contribution < -0.4 is 11.2 Å². The van der Waals surface area contributed by atoms with E-state index in [1.807, 2.05) is 0 Å². The van der Waals surface area contributed by atoms with Gasteiger partial charge in [0.05, 0.1) is 17.1 Å². The Hall–Kier alpha value is -3.29. The molecule has 2 aromatic heterocycles. The highest BCUT2D eigenvalue weighted by Gasteiger charge is 2.30. The van der Waals surface area contributed by atoms with Crippen LogP contribution in [0.25, 0.3) is 11.0 Å². The lowest BCUT2D eigenvalue weighted by Crippen LogP contribution is -2.40. The molecule has 0 unspecified atom stereocenters. The maximum atomic E-state index is 13.2. The van der Waals surface area contributed by atoms with Gasteiger partial charge >= 0.3 is 5.69 Å². The van der Waals surface area contributed by atoms with Crippen molar-refractivity contribution in [3.8, 4) is 0 Å². The molecule has 3 aromatic rings. The average Bonchev–Trinajstić information content (AvgIpc) is 2.76. The van der Waals surface area contributed by atoms with Crippen LogP contribution in [0.2, 0.25) is 0 Å². The normalized spacial score (nSPS) is 16.9. The van der Waals surface area contributed by atoms with E-state index in [9.17, 15) is 18.8 Å². The maximum absolute atomic E-state index is 13.2. The van der Waals surface area contributed by atoms with Gasteiger partial charge < -0.3 is 4.90 Å². The number of benzene rings is 1. The van der Waals surface area contributed by atoms with Crippen molar-refractivity contribution in [3.05, 3.63) is 74.3 Å². The Morgan fingerprint density at radius 1 is 1.03 bits per heavy atom. The number of halogens is 1. The van der Waals surface area contributed by atoms with Gasteiger partial charge in [0.2, 0.25) is 0 Å². The highest BCUT2D eigenvalue weighted by molar-refractivity contribution is 5.94. The number of nitrogens with zero attached hydrogens (tertiary/aromatic N) is 4. The molecule has 0 radical (unpaired) electrons. The van der Waals surface area contributed by atoms with E-state index in [1.54, 1.807) is 24.1 Å². The highest BCUT2D eigenvalue weighted by atomic mass is 19.1. The van der Waals surface area contributed by atoms with Crippen LogP contribution in [0.4, 0.5) is 4.39 Å². The molecule has 1 amide bonds. The highest BCUT2D eigenvalue weighted by Crippen LogP contribution is 2.31. The molecule has 0 aliphatic carbocycles. The van der Waals surface area contributed by atoms with Gasteiger partial charge in [-0.3, -0.25) is 18.7 Å². The van der Waals surface area contributed by atoms with E-state index in [0.29, 0.717) is 28.8 Å². The van der Waals surface area contributed by atoms with E-state index in [2.05, 4.69) is 4.98 Å². The molecule has 4 rings (SSSR count). The summed E-state index contributed by atoms with van der Waals surface area (Å²) in [6.45, 7) is 0.566. The third kappa shape index (κ3) is 3.24. The molecule has 1 fully saturated rings. The average molecular weight is 396 g/mol. The number of carbonyl (C=O) groups is 1. The van der Waals surface area contributed by atoms with Gasteiger partial charge in [0.15, 0.2) is 0 Å². The van der Waals surface area contributed by atoms with Gasteiger partial charge in [-0.2, -0.15) is 0 Å². The second-order valence-electron chi connectivity index (χ2n) is 7.33. The summed E-state index contributed by atoms with van der Waals surface area (Å²) >= 11 is 0. The minimum Gasteiger partial charge on any atom is -0.330 e. The van der Waals surface area contributed by atoms with Gasteiger partial charge in [-0.25, -0.2) is 14.2 Å². The number of hydrogen-bond acceptors (Lipinski definition) is 4. The first-order valence-corrected chi connectivity index (χ1v) is 9.51. The Morgan fingerprint density at radius 3 is 2.48 bits per heavy atom. The molecule has 1 atom stereocenters. The molecule has 0 spiro atoms. The third-order valence-electron chi connectivity index (χ3n) is 5.52. The largest absolute Gasteiger partial charge is 0.332 e. The number of pyridine rings is 1. The van der Waals surface area contributed by atoms with Crippen LogP contribution >= 0.6 is 0 Å². The fraction of sp³-hybridized carbons (Fsp3) is 0.333. The van der Waals surface area contributed by atoms with Crippen LogP contribution in [0.3, 0.4) is 0 Å². The number of likely N-dealkylation sites (tertiary alicyclic amines) is 1. The molecule has 0 N–H and O–H groups in total. The molecule has 0 bridgehead atoms. The Labute approximate surface area is 166 Å². The van der Waals surface area contributed by atoms with Crippen molar-refractivity contribution in [3.63, 3.8) is 0 Å². The van der Waals surface area contributed by atoms with Crippen LogP contribution in [0.5, 0.6) is 0 Å². The van der Waals surface area contributed by atoms with E-state index in [-0.39, 0.29) is 11.9 Å². The summed E-state index contributed by atoms with van der Waals surface area (Å²) in [5, 5.41) is 0.352. The van der Waals surface area contributed by atoms with Crippen molar-refractivity contribution >= 4 is 16.9 Å². The second kappa shape index (κ2) is 7.27. The van der Waals surface area contributed by atoms with Crippen LogP contribution in [0.15, 0.2) is 46.0 Å². The van der Waals surface area contributed by atoms with Gasteiger partial charge in [0.1, 0.15) is 11.5 Å². The molecular weight excluding hydrogens is 375 g/mol. The third-order valence-corrected chi connectivity index (χ3v) is 5.52. The number of rotatable bonds is 2. The Kier molecular flexibility index (Phi) is 4.77. The molecule has 1 aliphatic rings. The molecular formula is C21H21FN4O3. The summed E-state index contributed by atoms with van der Waals surface area (Å²) in [4.78, 5) is 44.0. The van der Waals surface area contributed by atoms with Crippen LogP contribution in [0, 0.1) is 5.82 Å². The van der Waals surface area contributed by atoms with Gasteiger partial charge in [-0.05, 0) is 55.7 Å². The zero-order valence-electron chi connectivity index (χ0n) is 16.3. The summed E-state index contributed by atoms with van der Waals surface area (Å²) in [6, 6.07) is 8.63.